The van der Waals surface area contributed by atoms with Crippen LogP contribution in [0.3, 0.4) is 0 Å². The van der Waals surface area contributed by atoms with E-state index >= 15 is 0 Å². The highest BCUT2D eigenvalue weighted by molar-refractivity contribution is 7.26. The molecule has 3 aromatic heterocycles. The highest BCUT2D eigenvalue weighted by atomic mass is 32.1. The number of hydrogen-bond donors (Lipinski definition) is 0. The third-order valence-electron chi connectivity index (χ3n) is 9.24. The average molecular weight is 631 g/mol. The summed E-state index contributed by atoms with van der Waals surface area (Å²) >= 11 is 1.87. The van der Waals surface area contributed by atoms with Crippen LogP contribution in [0.5, 0.6) is 0 Å². The molecule has 0 bridgehead atoms. The summed E-state index contributed by atoms with van der Waals surface area (Å²) in [4.78, 5) is 14.8. The molecule has 0 aliphatic rings. The standard InChI is InChI=1S/C43H26N4S/c1-3-12-28(13-4-1)41-44-42(29-14-5-2-6-15-29)46-43(45-41)30-19-22-31(23-20-30)47-38-32-16-8-7-11-27(32)21-24-34(38)35-25-26-36-33-17-9-10-18-37(33)48-40(36)39(35)47/h1-26H. The molecule has 4 nitrogen and oxygen atoms in total. The number of rotatable bonds is 4. The van der Waals surface area contributed by atoms with Crippen molar-refractivity contribution in [1.29, 1.82) is 0 Å². The topological polar surface area (TPSA) is 43.6 Å². The van der Waals surface area contributed by atoms with Gasteiger partial charge in [-0.2, -0.15) is 0 Å². The van der Waals surface area contributed by atoms with E-state index in [-0.39, 0.29) is 0 Å². The zero-order chi connectivity index (χ0) is 31.6. The molecule has 224 valence electrons. The maximum absolute atomic E-state index is 4.97. The summed E-state index contributed by atoms with van der Waals surface area (Å²) in [5.41, 5.74) is 6.41. The van der Waals surface area contributed by atoms with E-state index in [4.69, 9.17) is 15.0 Å². The molecule has 0 fully saturated rings. The lowest BCUT2D eigenvalue weighted by Gasteiger charge is -2.12. The quantitative estimate of drug-likeness (QED) is 0.194. The number of thiophene rings is 1. The molecule has 0 saturated heterocycles. The monoisotopic (exact) mass is 630 g/mol. The minimum atomic E-state index is 0.647. The summed E-state index contributed by atoms with van der Waals surface area (Å²) in [7, 11) is 0. The van der Waals surface area contributed by atoms with Gasteiger partial charge >= 0.3 is 0 Å². The van der Waals surface area contributed by atoms with Gasteiger partial charge in [-0.3, -0.25) is 0 Å². The van der Waals surface area contributed by atoms with Crippen molar-refractivity contribution in [3.63, 3.8) is 0 Å². The van der Waals surface area contributed by atoms with Gasteiger partial charge in [0, 0.05) is 54.0 Å². The van der Waals surface area contributed by atoms with Gasteiger partial charge in [-0.05, 0) is 35.7 Å². The van der Waals surface area contributed by atoms with Gasteiger partial charge in [0.05, 0.1) is 15.7 Å². The van der Waals surface area contributed by atoms with Gasteiger partial charge in [-0.1, -0.05) is 127 Å². The predicted octanol–water partition coefficient (Wildman–Crippen LogP) is 11.5. The van der Waals surface area contributed by atoms with Crippen LogP contribution in [0.4, 0.5) is 0 Å². The third kappa shape index (κ3) is 4.18. The Morgan fingerprint density at radius 2 is 0.896 bits per heavy atom. The minimum absolute atomic E-state index is 0.647. The van der Waals surface area contributed by atoms with Crippen LogP contribution in [0, 0.1) is 0 Å². The van der Waals surface area contributed by atoms with Crippen LogP contribution in [-0.2, 0) is 0 Å². The van der Waals surface area contributed by atoms with Crippen LogP contribution in [-0.4, -0.2) is 19.5 Å². The van der Waals surface area contributed by atoms with E-state index in [9.17, 15) is 0 Å². The molecule has 0 aliphatic heterocycles. The molecular weight excluding hydrogens is 605 g/mol. The average Bonchev–Trinajstić information content (AvgIpc) is 3.72. The van der Waals surface area contributed by atoms with Crippen molar-refractivity contribution >= 4 is 64.1 Å². The molecule has 0 atom stereocenters. The Morgan fingerprint density at radius 1 is 0.375 bits per heavy atom. The third-order valence-corrected chi connectivity index (χ3v) is 10.4. The first-order valence-corrected chi connectivity index (χ1v) is 16.9. The summed E-state index contributed by atoms with van der Waals surface area (Å²) in [6.45, 7) is 0. The fourth-order valence-corrected chi connectivity index (χ4v) is 8.23. The van der Waals surface area contributed by atoms with E-state index in [0.29, 0.717) is 17.5 Å². The van der Waals surface area contributed by atoms with Crippen LogP contribution < -0.4 is 0 Å². The van der Waals surface area contributed by atoms with Crippen molar-refractivity contribution in [3.8, 4) is 39.9 Å². The Labute approximate surface area is 280 Å². The summed E-state index contributed by atoms with van der Waals surface area (Å²) in [6.07, 6.45) is 0. The SMILES string of the molecule is c1ccc(-c2nc(-c3ccccc3)nc(-c3ccc(-n4c5c6ccccc6ccc5c5ccc6c7ccccc7sc6c54)cc3)n2)cc1. The van der Waals surface area contributed by atoms with Crippen LogP contribution in [0.2, 0.25) is 0 Å². The molecule has 10 aromatic rings. The molecule has 5 heteroatoms. The predicted molar refractivity (Wildman–Crippen MR) is 201 cm³/mol. The second-order valence-corrected chi connectivity index (χ2v) is 13.1. The molecule has 0 saturated carbocycles. The maximum Gasteiger partial charge on any atom is 0.164 e. The summed E-state index contributed by atoms with van der Waals surface area (Å²) in [5.74, 6) is 1.96. The number of fused-ring (bicyclic) bond motifs is 9. The van der Waals surface area contributed by atoms with E-state index in [1.165, 1.54) is 52.8 Å². The smallest absolute Gasteiger partial charge is 0.164 e. The molecule has 0 radical (unpaired) electrons. The van der Waals surface area contributed by atoms with E-state index < -0.39 is 0 Å². The van der Waals surface area contributed by atoms with Gasteiger partial charge < -0.3 is 4.57 Å². The summed E-state index contributed by atoms with van der Waals surface area (Å²) in [5, 5.41) is 7.57. The number of benzene rings is 7. The Hall–Kier alpha value is -6.17. The second-order valence-electron chi connectivity index (χ2n) is 12.0. The number of aromatic nitrogens is 4. The van der Waals surface area contributed by atoms with E-state index in [1.54, 1.807) is 0 Å². The lowest BCUT2D eigenvalue weighted by Crippen LogP contribution is -2.00. The number of hydrogen-bond acceptors (Lipinski definition) is 4. The van der Waals surface area contributed by atoms with Crippen LogP contribution in [0.1, 0.15) is 0 Å². The molecule has 0 N–H and O–H groups in total. The summed E-state index contributed by atoms with van der Waals surface area (Å²) in [6, 6.07) is 55.5. The summed E-state index contributed by atoms with van der Waals surface area (Å²) < 4.78 is 5.07. The first-order valence-electron chi connectivity index (χ1n) is 16.0. The Kier molecular flexibility index (Phi) is 6.01. The van der Waals surface area contributed by atoms with E-state index in [2.05, 4.69) is 102 Å². The van der Waals surface area contributed by atoms with E-state index in [0.717, 1.165) is 22.4 Å². The Balaban J connectivity index is 1.21. The normalized spacial score (nSPS) is 11.8. The van der Waals surface area contributed by atoms with Crippen molar-refractivity contribution in [3.05, 3.63) is 158 Å². The van der Waals surface area contributed by atoms with Crippen LogP contribution >= 0.6 is 11.3 Å². The van der Waals surface area contributed by atoms with Crippen molar-refractivity contribution in [1.82, 2.24) is 19.5 Å². The lowest BCUT2D eigenvalue weighted by atomic mass is 10.0. The van der Waals surface area contributed by atoms with Gasteiger partial charge in [0.2, 0.25) is 0 Å². The fourth-order valence-electron chi connectivity index (χ4n) is 6.99. The Morgan fingerprint density at radius 3 is 1.58 bits per heavy atom. The number of nitrogens with zero attached hydrogens (tertiary/aromatic N) is 4. The first-order chi connectivity index (χ1) is 23.8. The van der Waals surface area contributed by atoms with Crippen molar-refractivity contribution in [2.45, 2.75) is 0 Å². The zero-order valence-corrected chi connectivity index (χ0v) is 26.5. The minimum Gasteiger partial charge on any atom is -0.307 e. The van der Waals surface area contributed by atoms with Gasteiger partial charge in [-0.15, -0.1) is 11.3 Å². The van der Waals surface area contributed by atoms with Gasteiger partial charge in [0.25, 0.3) is 0 Å². The zero-order valence-electron chi connectivity index (χ0n) is 25.7. The van der Waals surface area contributed by atoms with Gasteiger partial charge in [-0.25, -0.2) is 15.0 Å². The Bertz CT molecular complexity index is 2760. The highest BCUT2D eigenvalue weighted by Crippen LogP contribution is 2.44. The molecule has 0 unspecified atom stereocenters. The molecule has 0 spiro atoms. The van der Waals surface area contributed by atoms with Crippen LogP contribution in [0.25, 0.3) is 92.6 Å². The van der Waals surface area contributed by atoms with Gasteiger partial charge in [0.15, 0.2) is 17.5 Å². The molecule has 0 aliphatic carbocycles. The fraction of sp³-hybridized carbons (Fsp3) is 0. The van der Waals surface area contributed by atoms with Crippen molar-refractivity contribution in [2.75, 3.05) is 0 Å². The van der Waals surface area contributed by atoms with Gasteiger partial charge in [0.1, 0.15) is 0 Å². The highest BCUT2D eigenvalue weighted by Gasteiger charge is 2.20. The molecule has 3 heterocycles. The molecule has 10 rings (SSSR count). The lowest BCUT2D eigenvalue weighted by molar-refractivity contribution is 1.07. The molecule has 7 aromatic carbocycles. The van der Waals surface area contributed by atoms with E-state index in [1.807, 2.05) is 72.0 Å². The molecule has 48 heavy (non-hydrogen) atoms. The maximum atomic E-state index is 4.97. The van der Waals surface area contributed by atoms with Crippen molar-refractivity contribution < 1.29 is 0 Å². The molecule has 0 amide bonds. The molecular formula is C43H26N4S. The van der Waals surface area contributed by atoms with Crippen molar-refractivity contribution in [2.24, 2.45) is 0 Å². The largest absolute Gasteiger partial charge is 0.307 e. The van der Waals surface area contributed by atoms with Crippen LogP contribution in [0.15, 0.2) is 158 Å². The first kappa shape index (κ1) is 27.0. The second kappa shape index (κ2) is 10.7.